The highest BCUT2D eigenvalue weighted by Crippen LogP contribution is 2.16. The summed E-state index contributed by atoms with van der Waals surface area (Å²) in [6, 6.07) is 12.6. The van der Waals surface area contributed by atoms with Crippen LogP contribution in [0.3, 0.4) is 0 Å². The number of hydrogen-bond donors (Lipinski definition) is 1. The highest BCUT2D eigenvalue weighted by Gasteiger charge is 2.04. The minimum Gasteiger partial charge on any atom is -0.397 e. The molecule has 3 heteroatoms. The number of anilines is 2. The minimum absolute atomic E-state index is 0.751. The van der Waals surface area contributed by atoms with Crippen LogP contribution in [0.4, 0.5) is 11.5 Å². The maximum Gasteiger partial charge on any atom is 0.128 e. The molecule has 0 bridgehead atoms. The van der Waals surface area contributed by atoms with E-state index in [1.807, 2.05) is 13.0 Å². The van der Waals surface area contributed by atoms with E-state index in [1.165, 1.54) is 5.56 Å². The number of nitrogen functional groups attached to an aromatic ring is 1. The number of pyridine rings is 1. The second kappa shape index (κ2) is 6.23. The Kier molecular flexibility index (Phi) is 4.39. The predicted octanol–water partition coefficient (Wildman–Crippen LogP) is 3.04. The summed E-state index contributed by atoms with van der Waals surface area (Å²) < 4.78 is 0. The molecule has 0 fully saturated rings. The van der Waals surface area contributed by atoms with Gasteiger partial charge in [-0.1, -0.05) is 30.3 Å². The van der Waals surface area contributed by atoms with Gasteiger partial charge in [0.2, 0.25) is 0 Å². The fourth-order valence-corrected chi connectivity index (χ4v) is 2.04. The highest BCUT2D eigenvalue weighted by atomic mass is 15.2. The Bertz CT molecular complexity index is 523. The Hall–Kier alpha value is -2.03. The lowest BCUT2D eigenvalue weighted by Gasteiger charge is -2.18. The van der Waals surface area contributed by atoms with Crippen molar-refractivity contribution in [3.05, 3.63) is 53.7 Å². The van der Waals surface area contributed by atoms with Gasteiger partial charge in [0.1, 0.15) is 5.82 Å². The van der Waals surface area contributed by atoms with Gasteiger partial charge in [0.25, 0.3) is 0 Å². The summed E-state index contributed by atoms with van der Waals surface area (Å²) >= 11 is 0. The molecule has 0 saturated heterocycles. The SMILES string of the molecule is Cc1cc(N(C)CCCc2ccccc2)ncc1N. The third-order valence-electron chi connectivity index (χ3n) is 3.33. The fourth-order valence-electron chi connectivity index (χ4n) is 2.04. The first kappa shape index (κ1) is 13.4. The molecule has 2 rings (SSSR count). The number of aryl methyl sites for hydroxylation is 2. The van der Waals surface area contributed by atoms with Crippen molar-refractivity contribution in [3.8, 4) is 0 Å². The summed E-state index contributed by atoms with van der Waals surface area (Å²) in [5, 5.41) is 0. The second-order valence-corrected chi connectivity index (χ2v) is 4.91. The molecule has 0 aliphatic carbocycles. The molecular weight excluding hydrogens is 234 g/mol. The summed E-state index contributed by atoms with van der Waals surface area (Å²) in [6.07, 6.45) is 3.95. The molecule has 0 aliphatic heterocycles. The first-order valence-electron chi connectivity index (χ1n) is 6.64. The Morgan fingerprint density at radius 1 is 1.21 bits per heavy atom. The Morgan fingerprint density at radius 2 is 1.95 bits per heavy atom. The monoisotopic (exact) mass is 255 g/mol. The Morgan fingerprint density at radius 3 is 2.63 bits per heavy atom. The van der Waals surface area contributed by atoms with Crippen molar-refractivity contribution < 1.29 is 0 Å². The molecule has 3 nitrogen and oxygen atoms in total. The van der Waals surface area contributed by atoms with Crippen LogP contribution in [0.1, 0.15) is 17.5 Å². The number of hydrogen-bond acceptors (Lipinski definition) is 3. The Balaban J connectivity index is 1.87. The lowest BCUT2D eigenvalue weighted by atomic mass is 10.1. The van der Waals surface area contributed by atoms with E-state index in [2.05, 4.69) is 47.3 Å². The molecule has 0 radical (unpaired) electrons. The van der Waals surface area contributed by atoms with Gasteiger partial charge in [-0.25, -0.2) is 4.98 Å². The predicted molar refractivity (Wildman–Crippen MR) is 81.4 cm³/mol. The molecule has 2 aromatic rings. The van der Waals surface area contributed by atoms with Gasteiger partial charge < -0.3 is 10.6 Å². The topological polar surface area (TPSA) is 42.2 Å². The standard InChI is InChI=1S/C16H21N3/c1-13-11-16(18-12-15(13)17)19(2)10-6-9-14-7-4-3-5-8-14/h3-5,7-8,11-12H,6,9-10,17H2,1-2H3. The minimum atomic E-state index is 0.751. The van der Waals surface area contributed by atoms with E-state index in [0.717, 1.165) is 36.5 Å². The summed E-state index contributed by atoms with van der Waals surface area (Å²) in [7, 11) is 2.07. The zero-order valence-electron chi connectivity index (χ0n) is 11.6. The van der Waals surface area contributed by atoms with Crippen molar-refractivity contribution in [1.82, 2.24) is 4.98 Å². The molecule has 2 N–H and O–H groups in total. The zero-order chi connectivity index (χ0) is 13.7. The Labute approximate surface area is 115 Å². The molecule has 19 heavy (non-hydrogen) atoms. The van der Waals surface area contributed by atoms with Crippen molar-refractivity contribution in [3.63, 3.8) is 0 Å². The quantitative estimate of drug-likeness (QED) is 0.893. The van der Waals surface area contributed by atoms with Crippen LogP contribution in [0.2, 0.25) is 0 Å². The van der Waals surface area contributed by atoms with Crippen LogP contribution in [0, 0.1) is 6.92 Å². The third-order valence-corrected chi connectivity index (χ3v) is 3.33. The van der Waals surface area contributed by atoms with Gasteiger partial charge in [-0.15, -0.1) is 0 Å². The van der Waals surface area contributed by atoms with Gasteiger partial charge in [-0.3, -0.25) is 0 Å². The smallest absolute Gasteiger partial charge is 0.128 e. The molecule has 100 valence electrons. The molecule has 0 unspecified atom stereocenters. The van der Waals surface area contributed by atoms with Crippen LogP contribution in [-0.4, -0.2) is 18.6 Å². The summed E-state index contributed by atoms with van der Waals surface area (Å²) in [4.78, 5) is 6.54. The van der Waals surface area contributed by atoms with Crippen molar-refractivity contribution in [2.75, 3.05) is 24.2 Å². The number of benzene rings is 1. The molecule has 1 heterocycles. The van der Waals surface area contributed by atoms with Crippen LogP contribution in [0.5, 0.6) is 0 Å². The van der Waals surface area contributed by atoms with Gasteiger partial charge in [0.15, 0.2) is 0 Å². The lowest BCUT2D eigenvalue weighted by Crippen LogP contribution is -2.20. The van der Waals surface area contributed by atoms with E-state index in [9.17, 15) is 0 Å². The van der Waals surface area contributed by atoms with Crippen molar-refractivity contribution in [2.45, 2.75) is 19.8 Å². The molecule has 0 atom stereocenters. The van der Waals surface area contributed by atoms with Gasteiger partial charge in [0, 0.05) is 13.6 Å². The largest absolute Gasteiger partial charge is 0.397 e. The first-order valence-corrected chi connectivity index (χ1v) is 6.64. The number of rotatable bonds is 5. The highest BCUT2D eigenvalue weighted by molar-refractivity contribution is 5.51. The van der Waals surface area contributed by atoms with Crippen LogP contribution in [0.15, 0.2) is 42.6 Å². The van der Waals surface area contributed by atoms with Crippen LogP contribution in [0.25, 0.3) is 0 Å². The normalized spacial score (nSPS) is 10.4. The van der Waals surface area contributed by atoms with Crippen molar-refractivity contribution >= 4 is 11.5 Å². The number of nitrogens with two attached hydrogens (primary N) is 1. The van der Waals surface area contributed by atoms with Gasteiger partial charge in [-0.2, -0.15) is 0 Å². The van der Waals surface area contributed by atoms with E-state index in [1.54, 1.807) is 6.20 Å². The maximum absolute atomic E-state index is 5.78. The van der Waals surface area contributed by atoms with Gasteiger partial charge in [0.05, 0.1) is 11.9 Å². The van der Waals surface area contributed by atoms with E-state index >= 15 is 0 Å². The lowest BCUT2D eigenvalue weighted by molar-refractivity contribution is 0.777. The van der Waals surface area contributed by atoms with E-state index in [0.29, 0.717) is 0 Å². The van der Waals surface area contributed by atoms with Crippen LogP contribution in [-0.2, 0) is 6.42 Å². The summed E-state index contributed by atoms with van der Waals surface area (Å²) in [5.41, 5.74) is 9.00. The molecule has 0 aliphatic rings. The maximum atomic E-state index is 5.78. The molecule has 0 spiro atoms. The van der Waals surface area contributed by atoms with Crippen LogP contribution < -0.4 is 10.6 Å². The zero-order valence-corrected chi connectivity index (χ0v) is 11.6. The van der Waals surface area contributed by atoms with Gasteiger partial charge in [-0.05, 0) is 37.0 Å². The van der Waals surface area contributed by atoms with Crippen molar-refractivity contribution in [2.24, 2.45) is 0 Å². The van der Waals surface area contributed by atoms with E-state index in [-0.39, 0.29) is 0 Å². The van der Waals surface area contributed by atoms with Crippen molar-refractivity contribution in [1.29, 1.82) is 0 Å². The molecule has 1 aromatic heterocycles. The second-order valence-electron chi connectivity index (χ2n) is 4.91. The first-order chi connectivity index (χ1) is 9.16. The molecule has 1 aromatic carbocycles. The average molecular weight is 255 g/mol. The van der Waals surface area contributed by atoms with Gasteiger partial charge >= 0.3 is 0 Å². The fraction of sp³-hybridized carbons (Fsp3) is 0.312. The molecule has 0 amide bonds. The molecule has 0 saturated carbocycles. The van der Waals surface area contributed by atoms with E-state index in [4.69, 9.17) is 5.73 Å². The summed E-state index contributed by atoms with van der Waals surface area (Å²) in [5.74, 6) is 0.986. The molecular formula is C16H21N3. The third kappa shape index (κ3) is 3.71. The van der Waals surface area contributed by atoms with Crippen LogP contribution >= 0.6 is 0 Å². The number of nitrogens with zero attached hydrogens (tertiary/aromatic N) is 2. The number of aromatic nitrogens is 1. The summed E-state index contributed by atoms with van der Waals surface area (Å²) in [6.45, 7) is 3.00. The average Bonchev–Trinajstić information content (AvgIpc) is 2.43. The van der Waals surface area contributed by atoms with E-state index < -0.39 is 0 Å².